The first-order chi connectivity index (χ1) is 14.4. The molecule has 1 heterocycles. The number of ether oxygens (including phenoxy) is 1. The quantitative estimate of drug-likeness (QED) is 0.456. The summed E-state index contributed by atoms with van der Waals surface area (Å²) in [5, 5.41) is 12.3. The molecule has 30 heavy (non-hydrogen) atoms. The highest BCUT2D eigenvalue weighted by Crippen LogP contribution is 2.24. The van der Waals surface area contributed by atoms with Gasteiger partial charge in [-0.2, -0.15) is 5.26 Å². The third-order valence-electron chi connectivity index (χ3n) is 4.60. The van der Waals surface area contributed by atoms with Gasteiger partial charge in [-0.1, -0.05) is 12.1 Å². The summed E-state index contributed by atoms with van der Waals surface area (Å²) in [4.78, 5) is 12.6. The van der Waals surface area contributed by atoms with E-state index in [1.54, 1.807) is 42.5 Å². The van der Waals surface area contributed by atoms with Gasteiger partial charge in [0.2, 0.25) is 0 Å². The van der Waals surface area contributed by atoms with Crippen LogP contribution in [-0.4, -0.2) is 17.1 Å². The molecule has 0 atom stereocenters. The third-order valence-corrected chi connectivity index (χ3v) is 4.60. The third kappa shape index (κ3) is 4.58. The van der Waals surface area contributed by atoms with Crippen LogP contribution in [0.15, 0.2) is 60.2 Å². The van der Waals surface area contributed by atoms with Crippen molar-refractivity contribution in [1.82, 2.24) is 4.57 Å². The van der Waals surface area contributed by atoms with Gasteiger partial charge in [0.25, 0.3) is 5.91 Å². The number of amides is 1. The molecule has 6 heteroatoms. The number of benzene rings is 2. The van der Waals surface area contributed by atoms with Crippen LogP contribution in [-0.2, 0) is 4.79 Å². The number of rotatable bonds is 6. The summed E-state index contributed by atoms with van der Waals surface area (Å²) in [6, 6.07) is 17.1. The van der Waals surface area contributed by atoms with Crippen LogP contribution >= 0.6 is 0 Å². The molecule has 3 aromatic rings. The lowest BCUT2D eigenvalue weighted by molar-refractivity contribution is -0.112. The van der Waals surface area contributed by atoms with Gasteiger partial charge in [0.05, 0.1) is 6.61 Å². The van der Waals surface area contributed by atoms with E-state index in [9.17, 15) is 14.4 Å². The van der Waals surface area contributed by atoms with Gasteiger partial charge in [-0.15, -0.1) is 0 Å². The fraction of sp³-hybridized carbons (Fsp3) is 0.167. The van der Waals surface area contributed by atoms with Gasteiger partial charge in [-0.25, -0.2) is 4.39 Å². The second-order valence-electron chi connectivity index (χ2n) is 6.73. The number of carbonyl (C=O) groups excluding carboxylic acids is 1. The van der Waals surface area contributed by atoms with Crippen molar-refractivity contribution in [2.45, 2.75) is 20.8 Å². The summed E-state index contributed by atoms with van der Waals surface area (Å²) in [6.45, 7) is 6.15. The van der Waals surface area contributed by atoms with Crippen molar-refractivity contribution >= 4 is 17.7 Å². The molecule has 0 saturated carbocycles. The van der Waals surface area contributed by atoms with Crippen LogP contribution in [0.1, 0.15) is 23.9 Å². The number of carbonyl (C=O) groups is 1. The predicted molar refractivity (Wildman–Crippen MR) is 115 cm³/mol. The Morgan fingerprint density at radius 1 is 1.20 bits per heavy atom. The second-order valence-corrected chi connectivity index (χ2v) is 6.73. The normalized spacial score (nSPS) is 11.1. The molecule has 0 unspecified atom stereocenters. The summed E-state index contributed by atoms with van der Waals surface area (Å²) in [5.74, 6) is -0.207. The Labute approximate surface area is 175 Å². The number of hydrogen-bond acceptors (Lipinski definition) is 3. The molecule has 0 aliphatic rings. The molecular formula is C24H22FN3O2. The number of nitriles is 1. The van der Waals surface area contributed by atoms with Crippen molar-refractivity contribution in [3.63, 3.8) is 0 Å². The number of aromatic nitrogens is 1. The second kappa shape index (κ2) is 9.10. The highest BCUT2D eigenvalue weighted by atomic mass is 19.1. The number of nitrogens with one attached hydrogen (secondary N) is 1. The van der Waals surface area contributed by atoms with Crippen LogP contribution in [0.4, 0.5) is 10.1 Å². The Bertz CT molecular complexity index is 1160. The molecule has 0 radical (unpaired) electrons. The minimum atomic E-state index is -0.512. The minimum absolute atomic E-state index is 0.0312. The van der Waals surface area contributed by atoms with Gasteiger partial charge < -0.3 is 14.6 Å². The Balaban J connectivity index is 1.89. The fourth-order valence-electron chi connectivity index (χ4n) is 3.28. The van der Waals surface area contributed by atoms with E-state index in [1.165, 1.54) is 12.1 Å². The zero-order valence-corrected chi connectivity index (χ0v) is 17.1. The highest BCUT2D eigenvalue weighted by Gasteiger charge is 2.14. The number of hydrogen-bond donors (Lipinski definition) is 1. The summed E-state index contributed by atoms with van der Waals surface area (Å²) < 4.78 is 21.0. The SMILES string of the molecule is CCOc1cccc(NC(=O)/C(C#N)=C\c2cc(C)n(-c3cccc(F)c3)c2C)c1. The Morgan fingerprint density at radius 2 is 1.97 bits per heavy atom. The monoisotopic (exact) mass is 403 g/mol. The molecule has 0 fully saturated rings. The zero-order chi connectivity index (χ0) is 21.7. The van der Waals surface area contributed by atoms with E-state index in [4.69, 9.17) is 4.74 Å². The van der Waals surface area contributed by atoms with Crippen LogP contribution in [0, 0.1) is 31.0 Å². The molecule has 0 aliphatic heterocycles. The number of nitrogens with zero attached hydrogens (tertiary/aromatic N) is 2. The molecule has 0 saturated heterocycles. The van der Waals surface area contributed by atoms with Crippen molar-refractivity contribution in [1.29, 1.82) is 5.26 Å². The number of aryl methyl sites for hydroxylation is 1. The van der Waals surface area contributed by atoms with Crippen LogP contribution in [0.5, 0.6) is 5.75 Å². The summed E-state index contributed by atoms with van der Waals surface area (Å²) in [7, 11) is 0. The lowest BCUT2D eigenvalue weighted by Crippen LogP contribution is -2.13. The van der Waals surface area contributed by atoms with Crippen molar-refractivity contribution in [2.24, 2.45) is 0 Å². The summed E-state index contributed by atoms with van der Waals surface area (Å²) >= 11 is 0. The molecule has 2 aromatic carbocycles. The average molecular weight is 403 g/mol. The molecule has 1 aromatic heterocycles. The first-order valence-corrected chi connectivity index (χ1v) is 9.53. The topological polar surface area (TPSA) is 67.0 Å². The number of anilines is 1. The van der Waals surface area contributed by atoms with Crippen LogP contribution in [0.2, 0.25) is 0 Å². The van der Waals surface area contributed by atoms with Crippen molar-refractivity contribution in [3.05, 3.63) is 82.9 Å². The van der Waals surface area contributed by atoms with Gasteiger partial charge in [-0.3, -0.25) is 4.79 Å². The van der Waals surface area contributed by atoms with Gasteiger partial charge in [0.15, 0.2) is 0 Å². The zero-order valence-electron chi connectivity index (χ0n) is 17.1. The van der Waals surface area contributed by atoms with Crippen LogP contribution < -0.4 is 10.1 Å². The van der Waals surface area contributed by atoms with E-state index in [-0.39, 0.29) is 11.4 Å². The Kier molecular flexibility index (Phi) is 6.33. The summed E-state index contributed by atoms with van der Waals surface area (Å²) in [5.41, 5.74) is 3.57. The van der Waals surface area contributed by atoms with E-state index in [2.05, 4.69) is 5.32 Å². The lowest BCUT2D eigenvalue weighted by atomic mass is 10.1. The Hall–Kier alpha value is -3.85. The van der Waals surface area contributed by atoms with Gasteiger partial charge in [0, 0.05) is 28.8 Å². The molecule has 1 amide bonds. The van der Waals surface area contributed by atoms with Crippen molar-refractivity contribution in [2.75, 3.05) is 11.9 Å². The molecule has 1 N–H and O–H groups in total. The number of halogens is 1. The molecule has 0 spiro atoms. The van der Waals surface area contributed by atoms with Gasteiger partial charge in [-0.05, 0) is 68.8 Å². The maximum absolute atomic E-state index is 13.6. The standard InChI is InChI=1S/C24H22FN3O2/c1-4-30-23-10-6-8-21(14-23)27-24(29)19(15-26)12-18-11-16(2)28(17(18)3)22-9-5-7-20(25)13-22/h5-14H,4H2,1-3H3,(H,27,29)/b19-12-. The van der Waals surface area contributed by atoms with E-state index in [0.29, 0.717) is 29.3 Å². The summed E-state index contributed by atoms with van der Waals surface area (Å²) in [6.07, 6.45) is 1.54. The molecule has 0 aliphatic carbocycles. The average Bonchev–Trinajstić information content (AvgIpc) is 2.99. The lowest BCUT2D eigenvalue weighted by Gasteiger charge is -2.10. The molecule has 0 bridgehead atoms. The van der Waals surface area contributed by atoms with Crippen LogP contribution in [0.3, 0.4) is 0 Å². The highest BCUT2D eigenvalue weighted by molar-refractivity contribution is 6.09. The van der Waals surface area contributed by atoms with Crippen molar-refractivity contribution in [3.8, 4) is 17.5 Å². The fourth-order valence-corrected chi connectivity index (χ4v) is 3.28. The Morgan fingerprint density at radius 3 is 2.67 bits per heavy atom. The maximum atomic E-state index is 13.6. The largest absolute Gasteiger partial charge is 0.494 e. The van der Waals surface area contributed by atoms with Crippen molar-refractivity contribution < 1.29 is 13.9 Å². The van der Waals surface area contributed by atoms with Gasteiger partial charge >= 0.3 is 0 Å². The maximum Gasteiger partial charge on any atom is 0.266 e. The molecule has 152 valence electrons. The predicted octanol–water partition coefficient (Wildman–Crippen LogP) is 5.18. The first kappa shape index (κ1) is 20.9. The van der Waals surface area contributed by atoms with Crippen LogP contribution in [0.25, 0.3) is 11.8 Å². The van der Waals surface area contributed by atoms with Gasteiger partial charge in [0.1, 0.15) is 23.2 Å². The first-order valence-electron chi connectivity index (χ1n) is 9.53. The smallest absolute Gasteiger partial charge is 0.266 e. The minimum Gasteiger partial charge on any atom is -0.494 e. The van der Waals surface area contributed by atoms with E-state index in [0.717, 1.165) is 11.4 Å². The molecule has 5 nitrogen and oxygen atoms in total. The van der Waals surface area contributed by atoms with E-state index >= 15 is 0 Å². The molecular weight excluding hydrogens is 381 g/mol. The van der Waals surface area contributed by atoms with E-state index in [1.807, 2.05) is 37.5 Å². The molecule has 3 rings (SSSR count). The van der Waals surface area contributed by atoms with E-state index < -0.39 is 5.91 Å².